The zero-order valence-corrected chi connectivity index (χ0v) is 34.9. The summed E-state index contributed by atoms with van der Waals surface area (Å²) in [6.07, 6.45) is 19.7. The van der Waals surface area contributed by atoms with Gasteiger partial charge in [-0.25, -0.2) is 0 Å². The fraction of sp³-hybridized carbons (Fsp3) is 0.500. The van der Waals surface area contributed by atoms with Crippen molar-refractivity contribution in [3.05, 3.63) is 93.2 Å². The summed E-state index contributed by atoms with van der Waals surface area (Å²) in [7, 11) is 0. The average molecular weight is 853 g/mol. The van der Waals surface area contributed by atoms with Gasteiger partial charge in [0.25, 0.3) is 0 Å². The molecule has 0 aromatic heterocycles. The number of allylic oxidation sites excluding steroid dienone is 12. The van der Waals surface area contributed by atoms with E-state index in [9.17, 15) is 39.6 Å². The summed E-state index contributed by atoms with van der Waals surface area (Å²) < 4.78 is 0. The van der Waals surface area contributed by atoms with E-state index < -0.39 is 23.9 Å². The molecule has 0 rings (SSSR count). The summed E-state index contributed by atoms with van der Waals surface area (Å²) in [5.41, 5.74) is 8.46. The Morgan fingerprint density at radius 1 is 0.347 bits per heavy atom. The Balaban J connectivity index is -0.000000174. The van der Waals surface area contributed by atoms with Crippen molar-refractivity contribution in [2.24, 2.45) is 0 Å². The molecule has 0 radical (unpaired) electrons. The molecule has 0 aliphatic carbocycles. The van der Waals surface area contributed by atoms with Gasteiger partial charge in [0.2, 0.25) is 0 Å². The van der Waals surface area contributed by atoms with E-state index in [2.05, 4.69) is 24.3 Å². The third-order valence-electron chi connectivity index (χ3n) is 5.82. The predicted octanol–water partition coefficient (Wildman–Crippen LogP) is 5.71. The van der Waals surface area contributed by atoms with Crippen molar-refractivity contribution in [3.8, 4) is 0 Å². The Bertz CT molecular complexity index is 1030. The van der Waals surface area contributed by atoms with Gasteiger partial charge in [0.15, 0.2) is 0 Å². The normalized spacial score (nSPS) is 10.9. The first kappa shape index (κ1) is 54.9. The molecule has 0 aliphatic rings. The minimum absolute atomic E-state index is 0. The molecule has 0 heterocycles. The molecular formula is C40H60O8W-4. The predicted molar refractivity (Wildman–Crippen MR) is 190 cm³/mol. The topological polar surface area (TPSA) is 161 Å². The molecule has 0 atom stereocenters. The molecule has 0 aliphatic heterocycles. The Morgan fingerprint density at radius 2 is 0.490 bits per heavy atom. The van der Waals surface area contributed by atoms with Crippen LogP contribution < -0.4 is 20.4 Å². The summed E-state index contributed by atoms with van der Waals surface area (Å²) in [6.45, 7) is 23.4. The number of hydrogen-bond donors (Lipinski definition) is 0. The molecule has 0 saturated carbocycles. The van der Waals surface area contributed by atoms with E-state index in [1.165, 1.54) is 22.3 Å². The molecule has 0 aromatic rings. The maximum absolute atomic E-state index is 10.1. The molecule has 0 bridgehead atoms. The Hall–Kier alpha value is -3.51. The van der Waals surface area contributed by atoms with E-state index in [0.29, 0.717) is 0 Å². The number of aliphatic carboxylic acids is 4. The van der Waals surface area contributed by atoms with Crippen LogP contribution in [0.5, 0.6) is 0 Å². The third kappa shape index (κ3) is 60.3. The zero-order valence-electron chi connectivity index (χ0n) is 31.9. The maximum Gasteiger partial charge on any atom is 0.0642 e. The molecular weight excluding hydrogens is 792 g/mol. The van der Waals surface area contributed by atoms with Crippen LogP contribution in [-0.4, -0.2) is 23.9 Å². The van der Waals surface area contributed by atoms with Crippen LogP contribution in [0, 0.1) is 0 Å². The van der Waals surface area contributed by atoms with E-state index in [0.717, 1.165) is 98.0 Å². The molecule has 0 N–H and O–H groups in total. The number of carboxylic acids is 4. The molecule has 9 heteroatoms. The van der Waals surface area contributed by atoms with Crippen molar-refractivity contribution < 1.29 is 60.7 Å². The van der Waals surface area contributed by atoms with Gasteiger partial charge in [-0.15, -0.1) is 0 Å². The monoisotopic (exact) mass is 852 g/mol. The molecule has 49 heavy (non-hydrogen) atoms. The Kier molecular flexibility index (Phi) is 40.1. The number of rotatable bonds is 16. The summed E-state index contributed by atoms with van der Waals surface area (Å²) in [4.78, 5) is 40.4. The molecule has 0 saturated heterocycles. The Morgan fingerprint density at radius 3 is 0.592 bits per heavy atom. The van der Waals surface area contributed by atoms with E-state index in [1.54, 1.807) is 27.7 Å². The smallest absolute Gasteiger partial charge is 0.0642 e. The summed E-state index contributed by atoms with van der Waals surface area (Å²) >= 11 is 0. The summed E-state index contributed by atoms with van der Waals surface area (Å²) in [5, 5.41) is 40.4. The molecule has 0 spiro atoms. The van der Waals surface area contributed by atoms with Gasteiger partial charge in [-0.2, -0.15) is 0 Å². The molecule has 0 amide bonds. The van der Waals surface area contributed by atoms with Crippen molar-refractivity contribution in [1.29, 1.82) is 0 Å². The second kappa shape index (κ2) is 35.8. The minimum Gasteiger partial charge on any atom is -0.545 e. The standard InChI is InChI=1S/4C10H16O2.W/c4*1-8(2)5-4-6-9(3)7-10(11)12;/h4*5,7H,4,6H2,1-3H3,(H,11,12);/p-4/b4*9-7-;. The van der Waals surface area contributed by atoms with Crippen LogP contribution in [0.3, 0.4) is 0 Å². The van der Waals surface area contributed by atoms with Crippen LogP contribution in [0.1, 0.15) is 134 Å². The molecule has 0 aromatic carbocycles. The number of carbonyl (C=O) groups excluding carboxylic acids is 4. The van der Waals surface area contributed by atoms with E-state index in [-0.39, 0.29) is 21.1 Å². The van der Waals surface area contributed by atoms with Gasteiger partial charge >= 0.3 is 0 Å². The average Bonchev–Trinajstić information content (AvgIpc) is 2.87. The molecule has 278 valence electrons. The maximum atomic E-state index is 10.1. The van der Waals surface area contributed by atoms with Gasteiger partial charge in [0.1, 0.15) is 0 Å². The van der Waals surface area contributed by atoms with E-state index in [1.807, 2.05) is 55.4 Å². The fourth-order valence-corrected chi connectivity index (χ4v) is 3.45. The number of hydrogen-bond acceptors (Lipinski definition) is 8. The quantitative estimate of drug-likeness (QED) is 0.141. The van der Waals surface area contributed by atoms with Crippen molar-refractivity contribution in [2.75, 3.05) is 0 Å². The first-order valence-electron chi connectivity index (χ1n) is 16.1. The van der Waals surface area contributed by atoms with Crippen LogP contribution in [0.15, 0.2) is 93.2 Å². The SMILES string of the molecule is CC(C)=CCC/C(C)=C\C(=O)[O-].CC(C)=CCC/C(C)=C\C(=O)[O-].CC(C)=CCC/C(C)=C\C(=O)[O-].CC(C)=CCC/C(C)=C\C(=O)[O-].[W]. The van der Waals surface area contributed by atoms with Gasteiger partial charge in [-0.1, -0.05) is 68.9 Å². The van der Waals surface area contributed by atoms with Gasteiger partial charge in [0.05, 0.1) is 23.9 Å². The molecule has 0 unspecified atom stereocenters. The Labute approximate surface area is 311 Å². The second-order valence-corrected chi connectivity index (χ2v) is 12.5. The summed E-state index contributed by atoms with van der Waals surface area (Å²) in [5.74, 6) is -4.43. The molecule has 0 fully saturated rings. The van der Waals surface area contributed by atoms with Crippen LogP contribution >= 0.6 is 0 Å². The van der Waals surface area contributed by atoms with Crippen molar-refractivity contribution >= 4 is 23.9 Å². The van der Waals surface area contributed by atoms with Crippen LogP contribution in [-0.2, 0) is 40.2 Å². The number of carbonyl (C=O) groups is 4. The van der Waals surface area contributed by atoms with Crippen molar-refractivity contribution in [1.82, 2.24) is 0 Å². The first-order chi connectivity index (χ1) is 22.1. The van der Waals surface area contributed by atoms with Crippen molar-refractivity contribution in [3.63, 3.8) is 0 Å². The first-order valence-corrected chi connectivity index (χ1v) is 16.1. The van der Waals surface area contributed by atoms with E-state index in [4.69, 9.17) is 0 Å². The fourth-order valence-electron chi connectivity index (χ4n) is 3.45. The van der Waals surface area contributed by atoms with Gasteiger partial charge < -0.3 is 39.6 Å². The minimum atomic E-state index is -1.11. The van der Waals surface area contributed by atoms with E-state index >= 15 is 0 Å². The van der Waals surface area contributed by atoms with Crippen LogP contribution in [0.2, 0.25) is 0 Å². The second-order valence-electron chi connectivity index (χ2n) is 12.5. The third-order valence-corrected chi connectivity index (χ3v) is 5.82. The van der Waals surface area contributed by atoms with Gasteiger partial charge in [0, 0.05) is 21.1 Å². The zero-order chi connectivity index (χ0) is 38.2. The van der Waals surface area contributed by atoms with Crippen LogP contribution in [0.4, 0.5) is 0 Å². The number of carboxylic acid groups (broad SMARTS) is 4. The van der Waals surface area contributed by atoms with Gasteiger partial charge in [-0.05, 0) is 159 Å². The molecule has 8 nitrogen and oxygen atoms in total. The largest absolute Gasteiger partial charge is 0.545 e. The van der Waals surface area contributed by atoms with Crippen molar-refractivity contribution in [2.45, 2.75) is 134 Å². The van der Waals surface area contributed by atoms with Gasteiger partial charge in [-0.3, -0.25) is 0 Å². The van der Waals surface area contributed by atoms with Crippen LogP contribution in [0.25, 0.3) is 0 Å². The summed E-state index contributed by atoms with van der Waals surface area (Å²) in [6, 6.07) is 0.